The number of rotatable bonds is 0. The third-order valence-corrected chi connectivity index (χ3v) is 9.20. The Bertz CT molecular complexity index is 1890. The zero-order valence-electron chi connectivity index (χ0n) is 21.7. The predicted molar refractivity (Wildman–Crippen MR) is 141 cm³/mol. The summed E-state index contributed by atoms with van der Waals surface area (Å²) in [5.74, 6) is -4.58. The van der Waals surface area contributed by atoms with Gasteiger partial charge in [0, 0.05) is 28.2 Å². The van der Waals surface area contributed by atoms with Gasteiger partial charge in [0.1, 0.15) is 28.4 Å². The summed E-state index contributed by atoms with van der Waals surface area (Å²) >= 11 is 0. The molecule has 3 aliphatic carbocycles. The fraction of sp³-hybridized carbons (Fsp3) is 0.219. The number of phenolic OH excluding ortho intramolecular Hbond substituents is 2. The zero-order chi connectivity index (χ0) is 28.0. The molecule has 8 nitrogen and oxygen atoms in total. The smallest absolute Gasteiger partial charge is 0.253 e. The Kier molecular flexibility index (Phi) is 4.00. The summed E-state index contributed by atoms with van der Waals surface area (Å²) in [5.41, 5.74) is 0.768. The average Bonchev–Trinajstić information content (AvgIpc) is 3.31. The first-order valence-corrected chi connectivity index (χ1v) is 13.0. The Morgan fingerprint density at radius 1 is 0.825 bits per heavy atom. The number of benzene rings is 3. The SMILES string of the molecule is CC1=CC(=O)C2=C(O)c3c(O)cccc3[C@@]34Oc5c(ccc6c5C(=O)c5c(O)cc(C)cc5C6=O)C23[C@@H]1[C@H](C)O4. The highest BCUT2D eigenvalue weighted by molar-refractivity contribution is 6.30. The average molecular weight is 535 g/mol. The number of phenols is 2. The fourth-order valence-electron chi connectivity index (χ4n) is 7.99. The molecule has 40 heavy (non-hydrogen) atoms. The molecule has 5 aliphatic rings. The first-order valence-electron chi connectivity index (χ1n) is 13.0. The van der Waals surface area contributed by atoms with Crippen LogP contribution in [0.1, 0.15) is 67.9 Å². The van der Waals surface area contributed by atoms with Gasteiger partial charge in [-0.2, -0.15) is 0 Å². The van der Waals surface area contributed by atoms with Crippen LogP contribution in [0.3, 0.4) is 0 Å². The van der Waals surface area contributed by atoms with Crippen molar-refractivity contribution in [1.29, 1.82) is 0 Å². The lowest BCUT2D eigenvalue weighted by Crippen LogP contribution is -2.55. The number of aryl methyl sites for hydroxylation is 1. The van der Waals surface area contributed by atoms with E-state index in [0.29, 0.717) is 16.7 Å². The number of ketones is 3. The molecule has 4 atom stereocenters. The quantitative estimate of drug-likeness (QED) is 0.300. The van der Waals surface area contributed by atoms with Crippen LogP contribution in [0.4, 0.5) is 0 Å². The molecule has 0 bridgehead atoms. The highest BCUT2D eigenvalue weighted by Crippen LogP contribution is 2.73. The van der Waals surface area contributed by atoms with E-state index in [1.165, 1.54) is 18.2 Å². The van der Waals surface area contributed by atoms with Gasteiger partial charge in [0.2, 0.25) is 5.78 Å². The van der Waals surface area contributed by atoms with Crippen molar-refractivity contribution in [3.05, 3.63) is 104 Å². The van der Waals surface area contributed by atoms with Crippen molar-refractivity contribution in [2.24, 2.45) is 5.92 Å². The minimum absolute atomic E-state index is 0.00797. The molecule has 198 valence electrons. The predicted octanol–water partition coefficient (Wildman–Crippen LogP) is 4.51. The Morgan fingerprint density at radius 2 is 1.60 bits per heavy atom. The number of fused-ring (bicyclic) bond motifs is 5. The van der Waals surface area contributed by atoms with Crippen LogP contribution in [-0.2, 0) is 20.7 Å². The Hall–Kier alpha value is -4.69. The number of allylic oxidation sites excluding steroid dienone is 1. The van der Waals surface area contributed by atoms with Gasteiger partial charge in [-0.15, -0.1) is 0 Å². The van der Waals surface area contributed by atoms with Crippen LogP contribution >= 0.6 is 0 Å². The number of aliphatic hydroxyl groups excluding tert-OH is 1. The normalized spacial score (nSPS) is 28.7. The number of carbonyl (C=O) groups excluding carboxylic acids is 3. The number of ether oxygens (including phenoxy) is 2. The second-order valence-electron chi connectivity index (χ2n) is 11.2. The first kappa shape index (κ1) is 23.2. The topological polar surface area (TPSA) is 130 Å². The fourth-order valence-corrected chi connectivity index (χ4v) is 7.99. The van der Waals surface area contributed by atoms with E-state index in [1.807, 2.05) is 13.8 Å². The third kappa shape index (κ3) is 2.21. The summed E-state index contributed by atoms with van der Waals surface area (Å²) in [7, 11) is 0. The van der Waals surface area contributed by atoms with E-state index < -0.39 is 40.6 Å². The summed E-state index contributed by atoms with van der Waals surface area (Å²) in [6, 6.07) is 10.9. The number of hydrogen-bond donors (Lipinski definition) is 3. The maximum absolute atomic E-state index is 14.1. The molecule has 1 spiro atoms. The Morgan fingerprint density at radius 3 is 2.38 bits per heavy atom. The maximum atomic E-state index is 14.1. The largest absolute Gasteiger partial charge is 0.507 e. The summed E-state index contributed by atoms with van der Waals surface area (Å²) in [5, 5.41) is 33.2. The molecule has 1 unspecified atom stereocenters. The van der Waals surface area contributed by atoms with Gasteiger partial charge in [0.05, 0.1) is 28.4 Å². The molecule has 2 aliphatic heterocycles. The first-order chi connectivity index (χ1) is 19.0. The number of hydrogen-bond acceptors (Lipinski definition) is 8. The highest BCUT2D eigenvalue weighted by Gasteiger charge is 2.78. The van der Waals surface area contributed by atoms with Gasteiger partial charge >= 0.3 is 0 Å². The molecule has 2 heterocycles. The van der Waals surface area contributed by atoms with Crippen molar-refractivity contribution in [3.8, 4) is 17.2 Å². The maximum Gasteiger partial charge on any atom is 0.253 e. The van der Waals surface area contributed by atoms with E-state index in [2.05, 4.69) is 0 Å². The van der Waals surface area contributed by atoms with Crippen LogP contribution in [0, 0.1) is 12.8 Å². The molecule has 8 rings (SSSR count). The summed E-state index contributed by atoms with van der Waals surface area (Å²) in [4.78, 5) is 41.5. The number of aromatic hydroxyl groups is 2. The molecule has 1 saturated heterocycles. The van der Waals surface area contributed by atoms with Crippen molar-refractivity contribution < 1.29 is 39.2 Å². The zero-order valence-corrected chi connectivity index (χ0v) is 21.7. The van der Waals surface area contributed by atoms with E-state index in [9.17, 15) is 29.7 Å². The minimum Gasteiger partial charge on any atom is -0.507 e. The lowest BCUT2D eigenvalue weighted by Gasteiger charge is -2.47. The van der Waals surface area contributed by atoms with Crippen molar-refractivity contribution in [1.82, 2.24) is 0 Å². The van der Waals surface area contributed by atoms with Crippen LogP contribution in [-0.4, -0.2) is 38.8 Å². The summed E-state index contributed by atoms with van der Waals surface area (Å²) in [6.07, 6.45) is 0.971. The molecule has 0 amide bonds. The summed E-state index contributed by atoms with van der Waals surface area (Å²) in [6.45, 7) is 5.40. The van der Waals surface area contributed by atoms with Gasteiger partial charge in [-0.1, -0.05) is 23.8 Å². The molecule has 8 heteroatoms. The lowest BCUT2D eigenvalue weighted by atomic mass is 9.53. The van der Waals surface area contributed by atoms with Gasteiger partial charge in [-0.3, -0.25) is 14.4 Å². The van der Waals surface area contributed by atoms with Gasteiger partial charge < -0.3 is 24.8 Å². The van der Waals surface area contributed by atoms with Crippen molar-refractivity contribution in [2.45, 2.75) is 38.1 Å². The van der Waals surface area contributed by atoms with Crippen LogP contribution in [0.2, 0.25) is 0 Å². The van der Waals surface area contributed by atoms with E-state index >= 15 is 0 Å². The molecular formula is C32H22O8. The van der Waals surface area contributed by atoms with Gasteiger partial charge in [-0.05, 0) is 56.7 Å². The second kappa shape index (κ2) is 6.89. The molecule has 1 fully saturated rings. The Labute approximate surface area is 227 Å². The van der Waals surface area contributed by atoms with Gasteiger partial charge in [-0.25, -0.2) is 0 Å². The van der Waals surface area contributed by atoms with E-state index in [4.69, 9.17) is 9.47 Å². The number of aliphatic hydroxyl groups is 1. The highest BCUT2D eigenvalue weighted by atomic mass is 16.7. The summed E-state index contributed by atoms with van der Waals surface area (Å²) < 4.78 is 13.4. The van der Waals surface area contributed by atoms with Gasteiger partial charge in [0.15, 0.2) is 11.6 Å². The van der Waals surface area contributed by atoms with Crippen LogP contribution in [0.5, 0.6) is 17.2 Å². The van der Waals surface area contributed by atoms with E-state index in [1.54, 1.807) is 37.3 Å². The minimum atomic E-state index is -1.73. The molecule has 0 aromatic heterocycles. The van der Waals surface area contributed by atoms with Crippen LogP contribution in [0.25, 0.3) is 5.76 Å². The molecule has 3 aromatic rings. The molecule has 3 aromatic carbocycles. The van der Waals surface area contributed by atoms with Crippen molar-refractivity contribution >= 4 is 23.1 Å². The Balaban J connectivity index is 1.52. The van der Waals surface area contributed by atoms with Crippen LogP contribution < -0.4 is 4.74 Å². The molecule has 3 N–H and O–H groups in total. The monoisotopic (exact) mass is 534 g/mol. The molecule has 0 radical (unpaired) electrons. The van der Waals surface area contributed by atoms with E-state index in [0.717, 1.165) is 5.57 Å². The van der Waals surface area contributed by atoms with Crippen molar-refractivity contribution in [2.75, 3.05) is 0 Å². The molecule has 0 saturated carbocycles. The van der Waals surface area contributed by atoms with Crippen LogP contribution in [0.15, 0.2) is 59.7 Å². The lowest BCUT2D eigenvalue weighted by molar-refractivity contribution is -0.189. The van der Waals surface area contributed by atoms with E-state index in [-0.39, 0.29) is 56.4 Å². The van der Waals surface area contributed by atoms with Gasteiger partial charge in [0.25, 0.3) is 5.79 Å². The number of carbonyl (C=O) groups is 3. The molecular weight excluding hydrogens is 512 g/mol. The third-order valence-electron chi connectivity index (χ3n) is 9.20. The standard InChI is InChI=1S/C32H22O8/c1-12-9-16-22(20(34)10-12)28(37)23-15(27(16)36)7-8-18-30(23)40-32-17-5-4-6-19(33)24(17)29(38)26-21(35)11-13(2)25(14(3)39-32)31(18,26)32/h4-11,14,25,33-34,38H,1-3H3/t14-,25-,31?,32+/m0/s1. The van der Waals surface area contributed by atoms with Crippen molar-refractivity contribution in [3.63, 3.8) is 0 Å². The second-order valence-corrected chi connectivity index (χ2v) is 11.2.